The lowest BCUT2D eigenvalue weighted by Gasteiger charge is -2.35. The molecule has 7 nitrogen and oxygen atoms in total. The van der Waals surface area contributed by atoms with E-state index in [9.17, 15) is 13.2 Å². The van der Waals surface area contributed by atoms with Gasteiger partial charge in [-0.05, 0) is 46.3 Å². The van der Waals surface area contributed by atoms with Crippen molar-refractivity contribution in [2.24, 2.45) is 0 Å². The van der Waals surface area contributed by atoms with Gasteiger partial charge in [0, 0.05) is 42.3 Å². The number of rotatable bonds is 6. The third-order valence-electron chi connectivity index (χ3n) is 4.87. The number of methoxy groups -OCH3 is 1. The number of hydrogen-bond acceptors (Lipinski definition) is 5. The molecule has 2 aromatic carbocycles. The van der Waals surface area contributed by atoms with Crippen LogP contribution in [0.4, 0.5) is 11.4 Å². The number of sulfonamides is 1. The van der Waals surface area contributed by atoms with E-state index < -0.39 is 10.0 Å². The highest BCUT2D eigenvalue weighted by Crippen LogP contribution is 2.33. The number of nitrogens with one attached hydrogen (secondary N) is 1. The molecular weight excluding hydrogens is 550 g/mol. The fourth-order valence-electron chi connectivity index (χ4n) is 3.38. The Morgan fingerprint density at radius 3 is 2.45 bits per heavy atom. The quantitative estimate of drug-likeness (QED) is 0.530. The molecule has 1 fully saturated rings. The largest absolute Gasteiger partial charge is 0.495 e. The van der Waals surface area contributed by atoms with E-state index in [2.05, 4.69) is 42.1 Å². The van der Waals surface area contributed by atoms with Crippen LogP contribution in [0.25, 0.3) is 6.08 Å². The molecule has 0 atom stereocenters. The highest BCUT2D eigenvalue weighted by atomic mass is 79.9. The number of halogens is 2. The Hall–Kier alpha value is -1.88. The summed E-state index contributed by atoms with van der Waals surface area (Å²) in [6.45, 7) is 1.94. The zero-order valence-electron chi connectivity index (χ0n) is 17.1. The predicted molar refractivity (Wildman–Crippen MR) is 131 cm³/mol. The summed E-state index contributed by atoms with van der Waals surface area (Å²) >= 11 is 6.89. The molecule has 2 aromatic rings. The van der Waals surface area contributed by atoms with Crippen LogP contribution in [0.3, 0.4) is 0 Å². The number of carbonyl (C=O) groups excluding carboxylic acids is 1. The summed E-state index contributed by atoms with van der Waals surface area (Å²) in [5.41, 5.74) is 2.29. The molecule has 0 unspecified atom stereocenters. The van der Waals surface area contributed by atoms with Crippen molar-refractivity contribution in [2.75, 3.05) is 49.8 Å². The van der Waals surface area contributed by atoms with Crippen molar-refractivity contribution >= 4 is 65.2 Å². The first-order valence-electron chi connectivity index (χ1n) is 9.50. The van der Waals surface area contributed by atoms with Crippen LogP contribution in [0.15, 0.2) is 51.4 Å². The predicted octanol–water partition coefficient (Wildman–Crippen LogP) is 3.95. The monoisotopic (exact) mass is 571 g/mol. The van der Waals surface area contributed by atoms with Gasteiger partial charge in [0.25, 0.3) is 0 Å². The summed E-state index contributed by atoms with van der Waals surface area (Å²) in [6.07, 6.45) is 4.37. The molecule has 1 aliphatic heterocycles. The third kappa shape index (κ3) is 6.09. The van der Waals surface area contributed by atoms with Gasteiger partial charge >= 0.3 is 0 Å². The van der Waals surface area contributed by atoms with Crippen LogP contribution >= 0.6 is 31.9 Å². The van der Waals surface area contributed by atoms with Crippen molar-refractivity contribution in [1.82, 2.24) is 4.31 Å². The first-order valence-corrected chi connectivity index (χ1v) is 12.9. The Morgan fingerprint density at radius 1 is 1.13 bits per heavy atom. The average molecular weight is 573 g/mol. The van der Waals surface area contributed by atoms with Crippen molar-refractivity contribution < 1.29 is 17.9 Å². The van der Waals surface area contributed by atoms with Gasteiger partial charge in [-0.15, -0.1) is 0 Å². The van der Waals surface area contributed by atoms with E-state index in [-0.39, 0.29) is 5.91 Å². The molecule has 1 aliphatic rings. The fraction of sp³-hybridized carbons (Fsp3) is 0.286. The number of hydrogen-bond donors (Lipinski definition) is 1. The van der Waals surface area contributed by atoms with Crippen LogP contribution in [-0.4, -0.2) is 58.2 Å². The number of piperazine rings is 1. The second-order valence-corrected chi connectivity index (χ2v) is 10.8. The van der Waals surface area contributed by atoms with Gasteiger partial charge in [-0.1, -0.05) is 28.1 Å². The van der Waals surface area contributed by atoms with E-state index in [1.54, 1.807) is 13.2 Å². The van der Waals surface area contributed by atoms with E-state index in [0.717, 1.165) is 20.2 Å². The maximum absolute atomic E-state index is 12.6. The minimum atomic E-state index is -3.20. The van der Waals surface area contributed by atoms with Crippen molar-refractivity contribution in [1.29, 1.82) is 0 Å². The smallest absolute Gasteiger partial charge is 0.248 e. The number of amides is 1. The normalized spacial score (nSPS) is 15.3. The molecule has 1 saturated heterocycles. The van der Waals surface area contributed by atoms with Crippen LogP contribution in [-0.2, 0) is 14.8 Å². The lowest BCUT2D eigenvalue weighted by molar-refractivity contribution is -0.111. The van der Waals surface area contributed by atoms with Gasteiger partial charge in [0.05, 0.1) is 29.2 Å². The standard InChI is InChI=1S/C21H23Br2N3O4S/c1-30-21-15(13-16(22)14-17(21)23)7-8-20(27)24-18-5-3-4-6-19(18)25-9-11-26(12-10-25)31(2,28)29/h3-8,13-14H,9-12H2,1-2H3,(H,24,27). The Bertz CT molecular complexity index is 1100. The summed E-state index contributed by atoms with van der Waals surface area (Å²) < 4.78 is 32.0. The van der Waals surface area contributed by atoms with Crippen LogP contribution in [0.2, 0.25) is 0 Å². The molecule has 10 heteroatoms. The summed E-state index contributed by atoms with van der Waals surface area (Å²) in [6, 6.07) is 11.2. The van der Waals surface area contributed by atoms with Gasteiger partial charge in [0.15, 0.2) is 0 Å². The number of para-hydroxylation sites is 2. The van der Waals surface area contributed by atoms with Gasteiger partial charge in [-0.3, -0.25) is 4.79 Å². The number of anilines is 2. The number of carbonyl (C=O) groups is 1. The summed E-state index contributed by atoms with van der Waals surface area (Å²) in [5.74, 6) is 0.358. The van der Waals surface area contributed by atoms with E-state index >= 15 is 0 Å². The first kappa shape index (κ1) is 23.8. The highest BCUT2D eigenvalue weighted by Gasteiger charge is 2.24. The van der Waals surface area contributed by atoms with E-state index in [1.165, 1.54) is 16.6 Å². The molecule has 166 valence electrons. The zero-order chi connectivity index (χ0) is 22.6. The second kappa shape index (κ2) is 10.2. The minimum Gasteiger partial charge on any atom is -0.495 e. The van der Waals surface area contributed by atoms with Gasteiger partial charge in [-0.2, -0.15) is 4.31 Å². The van der Waals surface area contributed by atoms with Gasteiger partial charge < -0.3 is 15.0 Å². The maximum atomic E-state index is 12.6. The van der Waals surface area contributed by atoms with Crippen molar-refractivity contribution in [3.8, 4) is 5.75 Å². The lowest BCUT2D eigenvalue weighted by Crippen LogP contribution is -2.48. The Labute approximate surface area is 199 Å². The summed E-state index contributed by atoms with van der Waals surface area (Å²) in [7, 11) is -1.62. The molecule has 0 aliphatic carbocycles. The highest BCUT2D eigenvalue weighted by molar-refractivity contribution is 9.11. The molecule has 3 rings (SSSR count). The zero-order valence-corrected chi connectivity index (χ0v) is 21.1. The maximum Gasteiger partial charge on any atom is 0.248 e. The van der Waals surface area contributed by atoms with E-state index in [1.807, 2.05) is 36.4 Å². The van der Waals surface area contributed by atoms with Crippen LogP contribution < -0.4 is 15.0 Å². The van der Waals surface area contributed by atoms with Crippen LogP contribution in [0.1, 0.15) is 5.56 Å². The van der Waals surface area contributed by atoms with Crippen molar-refractivity contribution in [3.05, 3.63) is 57.0 Å². The molecule has 0 spiro atoms. The second-order valence-electron chi connectivity index (χ2n) is 7.00. The topological polar surface area (TPSA) is 79.0 Å². The number of benzene rings is 2. The van der Waals surface area contributed by atoms with Gasteiger partial charge in [0.2, 0.25) is 15.9 Å². The fourth-order valence-corrected chi connectivity index (χ4v) is 5.62. The molecule has 0 saturated carbocycles. The van der Waals surface area contributed by atoms with E-state index in [0.29, 0.717) is 37.6 Å². The molecule has 0 radical (unpaired) electrons. The molecule has 1 heterocycles. The summed E-state index contributed by atoms with van der Waals surface area (Å²) in [5, 5.41) is 2.92. The van der Waals surface area contributed by atoms with Crippen molar-refractivity contribution in [3.63, 3.8) is 0 Å². The number of ether oxygens (including phenoxy) is 1. The molecular formula is C21H23Br2N3O4S. The van der Waals surface area contributed by atoms with Gasteiger partial charge in [-0.25, -0.2) is 8.42 Å². The van der Waals surface area contributed by atoms with E-state index in [4.69, 9.17) is 4.74 Å². The first-order chi connectivity index (χ1) is 14.7. The molecule has 1 N–H and O–H groups in total. The summed E-state index contributed by atoms with van der Waals surface area (Å²) in [4.78, 5) is 14.7. The Kier molecular flexibility index (Phi) is 7.79. The Morgan fingerprint density at radius 2 is 1.81 bits per heavy atom. The molecule has 0 aromatic heterocycles. The number of nitrogens with zero attached hydrogens (tertiary/aromatic N) is 2. The van der Waals surface area contributed by atoms with Crippen LogP contribution in [0.5, 0.6) is 5.75 Å². The average Bonchev–Trinajstić information content (AvgIpc) is 2.72. The van der Waals surface area contributed by atoms with Crippen molar-refractivity contribution in [2.45, 2.75) is 0 Å². The SMILES string of the molecule is COc1c(Br)cc(Br)cc1C=CC(=O)Nc1ccccc1N1CCN(S(C)(=O)=O)CC1. The molecule has 0 bridgehead atoms. The third-order valence-corrected chi connectivity index (χ3v) is 7.22. The molecule has 31 heavy (non-hydrogen) atoms. The van der Waals surface area contributed by atoms with Crippen LogP contribution in [0, 0.1) is 0 Å². The molecule has 1 amide bonds. The van der Waals surface area contributed by atoms with Gasteiger partial charge in [0.1, 0.15) is 5.75 Å². The Balaban J connectivity index is 1.73. The lowest BCUT2D eigenvalue weighted by atomic mass is 10.2. The minimum absolute atomic E-state index is 0.277.